The van der Waals surface area contributed by atoms with E-state index in [4.69, 9.17) is 27.1 Å². The van der Waals surface area contributed by atoms with Crippen molar-refractivity contribution in [3.63, 3.8) is 0 Å². The number of hydrogen-bond donors (Lipinski definition) is 1. The number of fused-ring (bicyclic) bond motifs is 1. The van der Waals surface area contributed by atoms with E-state index in [9.17, 15) is 9.59 Å². The quantitative estimate of drug-likeness (QED) is 0.512. The summed E-state index contributed by atoms with van der Waals surface area (Å²) in [4.78, 5) is 33.0. The first-order valence-corrected chi connectivity index (χ1v) is 12.7. The third kappa shape index (κ3) is 4.31. The second kappa shape index (κ2) is 9.37. The molecule has 0 spiro atoms. The number of carbonyl (C=O) groups is 2. The number of halogens is 1. The lowest BCUT2D eigenvalue weighted by molar-refractivity contribution is -0.133. The maximum absolute atomic E-state index is 13.3. The van der Waals surface area contributed by atoms with Gasteiger partial charge in [0.1, 0.15) is 0 Å². The van der Waals surface area contributed by atoms with Gasteiger partial charge in [-0.3, -0.25) is 14.5 Å². The van der Waals surface area contributed by atoms with Crippen LogP contribution >= 0.6 is 11.6 Å². The molecule has 0 bridgehead atoms. The molecule has 188 valence electrons. The highest BCUT2D eigenvalue weighted by atomic mass is 35.5. The highest BCUT2D eigenvalue weighted by molar-refractivity contribution is 6.32. The van der Waals surface area contributed by atoms with Crippen LogP contribution in [-0.2, 0) is 28.5 Å². The summed E-state index contributed by atoms with van der Waals surface area (Å²) in [6.45, 7) is 4.47. The number of nitrogens with two attached hydrogens (primary N) is 1. The monoisotopic (exact) mass is 506 g/mol. The number of guanidine groups is 1. The molecular formula is C28H31ClN4O3. The zero-order valence-electron chi connectivity index (χ0n) is 20.8. The fraction of sp³-hybridized carbons (Fsp3) is 0.393. The number of amides is 1. The van der Waals surface area contributed by atoms with Crippen molar-refractivity contribution in [1.29, 1.82) is 0 Å². The van der Waals surface area contributed by atoms with Gasteiger partial charge in [-0.05, 0) is 43.9 Å². The fourth-order valence-electron chi connectivity index (χ4n) is 5.57. The predicted molar refractivity (Wildman–Crippen MR) is 141 cm³/mol. The fourth-order valence-corrected chi connectivity index (χ4v) is 5.97. The predicted octanol–water partition coefficient (Wildman–Crippen LogP) is 4.59. The van der Waals surface area contributed by atoms with E-state index in [0.29, 0.717) is 28.3 Å². The molecule has 0 saturated carbocycles. The number of aryl methyl sites for hydroxylation is 1. The molecule has 2 aliphatic rings. The number of ketones is 1. The first-order chi connectivity index (χ1) is 17.2. The molecule has 5 rings (SSSR count). The Bertz CT molecular complexity index is 1380. The van der Waals surface area contributed by atoms with Gasteiger partial charge in [-0.25, -0.2) is 4.99 Å². The lowest BCUT2D eigenvalue weighted by Crippen LogP contribution is -2.56. The first-order valence-electron chi connectivity index (χ1n) is 12.3. The summed E-state index contributed by atoms with van der Waals surface area (Å²) in [6, 6.07) is 13.4. The van der Waals surface area contributed by atoms with E-state index in [1.807, 2.05) is 74.1 Å². The molecule has 7 nitrogen and oxygen atoms in total. The molecule has 1 saturated heterocycles. The number of ether oxygens (including phenoxy) is 1. The molecular weight excluding hydrogens is 476 g/mol. The third-order valence-corrected chi connectivity index (χ3v) is 7.85. The maximum Gasteiger partial charge on any atom is 0.232 e. The minimum absolute atomic E-state index is 0.0152. The average molecular weight is 507 g/mol. The Morgan fingerprint density at radius 3 is 2.78 bits per heavy atom. The third-order valence-electron chi connectivity index (χ3n) is 7.40. The van der Waals surface area contributed by atoms with Crippen LogP contribution in [0.2, 0.25) is 5.02 Å². The van der Waals surface area contributed by atoms with Crippen molar-refractivity contribution in [2.75, 3.05) is 6.61 Å². The van der Waals surface area contributed by atoms with E-state index in [2.05, 4.69) is 0 Å². The second-order valence-electron chi connectivity index (χ2n) is 10.1. The Morgan fingerprint density at radius 1 is 1.25 bits per heavy atom. The first kappa shape index (κ1) is 24.5. The van der Waals surface area contributed by atoms with Crippen LogP contribution < -0.4 is 5.73 Å². The van der Waals surface area contributed by atoms with Gasteiger partial charge in [-0.1, -0.05) is 48.0 Å². The number of nitrogens with zero attached hydrogens (tertiary/aromatic N) is 3. The Hall–Kier alpha value is -3.16. The smallest absolute Gasteiger partial charge is 0.232 e. The van der Waals surface area contributed by atoms with Crippen LogP contribution in [-0.4, -0.2) is 45.9 Å². The largest absolute Gasteiger partial charge is 0.378 e. The molecule has 2 aromatic carbocycles. The molecule has 36 heavy (non-hydrogen) atoms. The number of aromatic nitrogens is 1. The molecule has 0 unspecified atom stereocenters. The normalized spacial score (nSPS) is 24.7. The molecule has 3 aromatic rings. The van der Waals surface area contributed by atoms with Gasteiger partial charge in [0.05, 0.1) is 18.1 Å². The Kier molecular flexibility index (Phi) is 6.39. The summed E-state index contributed by atoms with van der Waals surface area (Å²) < 4.78 is 7.59. The van der Waals surface area contributed by atoms with Gasteiger partial charge in [0.15, 0.2) is 11.7 Å². The number of carbonyl (C=O) groups excluding carboxylic acids is 2. The minimum atomic E-state index is -0.913. The van der Waals surface area contributed by atoms with Gasteiger partial charge in [-0.2, -0.15) is 0 Å². The van der Waals surface area contributed by atoms with Crippen molar-refractivity contribution in [2.24, 2.45) is 17.8 Å². The molecule has 0 aliphatic carbocycles. The molecule has 2 aliphatic heterocycles. The van der Waals surface area contributed by atoms with Crippen LogP contribution in [0.25, 0.3) is 10.9 Å². The zero-order chi connectivity index (χ0) is 25.6. The summed E-state index contributed by atoms with van der Waals surface area (Å²) in [5.41, 5.74) is 8.53. The summed E-state index contributed by atoms with van der Waals surface area (Å²) >= 11 is 6.88. The number of para-hydroxylation sites is 1. The van der Waals surface area contributed by atoms with Crippen molar-refractivity contribution in [3.05, 3.63) is 70.4 Å². The Morgan fingerprint density at radius 2 is 2.03 bits per heavy atom. The lowest BCUT2D eigenvalue weighted by atomic mass is 9.85. The van der Waals surface area contributed by atoms with Gasteiger partial charge in [-0.15, -0.1) is 0 Å². The van der Waals surface area contributed by atoms with Crippen LogP contribution in [0.1, 0.15) is 54.6 Å². The van der Waals surface area contributed by atoms with Gasteiger partial charge >= 0.3 is 0 Å². The van der Waals surface area contributed by atoms with Crippen molar-refractivity contribution in [2.45, 2.75) is 57.2 Å². The lowest BCUT2D eigenvalue weighted by Gasteiger charge is -2.41. The van der Waals surface area contributed by atoms with Crippen molar-refractivity contribution >= 4 is 40.2 Å². The average Bonchev–Trinajstić information content (AvgIpc) is 3.16. The summed E-state index contributed by atoms with van der Waals surface area (Å²) in [7, 11) is 1.93. The zero-order valence-corrected chi connectivity index (χ0v) is 21.6. The summed E-state index contributed by atoms with van der Waals surface area (Å²) in [5.74, 6) is 0.122. The molecule has 1 fully saturated rings. The van der Waals surface area contributed by atoms with Crippen LogP contribution in [0.4, 0.5) is 0 Å². The maximum atomic E-state index is 13.3. The number of hydrogen-bond acceptors (Lipinski definition) is 5. The molecule has 3 atom stereocenters. The van der Waals surface area contributed by atoms with Gasteiger partial charge < -0.3 is 15.0 Å². The van der Waals surface area contributed by atoms with Crippen LogP contribution in [0.5, 0.6) is 0 Å². The van der Waals surface area contributed by atoms with Gasteiger partial charge in [0, 0.05) is 53.8 Å². The number of benzene rings is 2. The number of rotatable bonds is 5. The van der Waals surface area contributed by atoms with Gasteiger partial charge in [0.25, 0.3) is 0 Å². The highest BCUT2D eigenvalue weighted by Gasteiger charge is 2.42. The molecule has 1 amide bonds. The van der Waals surface area contributed by atoms with Crippen molar-refractivity contribution < 1.29 is 14.3 Å². The van der Waals surface area contributed by atoms with E-state index in [1.165, 1.54) is 0 Å². The molecule has 3 heterocycles. The Balaban J connectivity index is 1.44. The molecule has 1 aromatic heterocycles. The van der Waals surface area contributed by atoms with E-state index in [-0.39, 0.29) is 42.6 Å². The van der Waals surface area contributed by atoms with E-state index in [1.54, 1.807) is 4.90 Å². The highest BCUT2D eigenvalue weighted by Crippen LogP contribution is 2.40. The topological polar surface area (TPSA) is 89.9 Å². The molecule has 8 heteroatoms. The second-order valence-corrected chi connectivity index (χ2v) is 10.5. The summed E-state index contributed by atoms with van der Waals surface area (Å²) in [6.07, 6.45) is 3.70. The van der Waals surface area contributed by atoms with E-state index < -0.39 is 5.54 Å². The van der Waals surface area contributed by atoms with E-state index >= 15 is 0 Å². The van der Waals surface area contributed by atoms with Crippen molar-refractivity contribution in [3.8, 4) is 0 Å². The van der Waals surface area contributed by atoms with Crippen molar-refractivity contribution in [1.82, 2.24) is 9.47 Å². The Labute approximate surface area is 215 Å². The van der Waals surface area contributed by atoms with Gasteiger partial charge in [0.2, 0.25) is 5.91 Å². The minimum Gasteiger partial charge on any atom is -0.378 e. The van der Waals surface area contributed by atoms with Crippen LogP contribution in [0.15, 0.2) is 53.7 Å². The number of aliphatic imine (C=N–C) groups is 1. The van der Waals surface area contributed by atoms with Crippen LogP contribution in [0, 0.1) is 0 Å². The number of Topliss-reactive ketones (excluding diaryl/α,β-unsaturated/α-hetero) is 1. The summed E-state index contributed by atoms with van der Waals surface area (Å²) in [5, 5.41) is 1.37. The van der Waals surface area contributed by atoms with E-state index in [0.717, 1.165) is 23.7 Å². The standard InChI is InChI=1S/C28H31ClN4O3/c1-17-13-19(11-12-36-17)33-25(35)15-28(2,31-27(33)30)22-9-6-7-18(26(22)29)14-24(34)21-16-32(3)23-10-5-4-8-20(21)23/h4-10,16-17,19H,11-15H2,1-3H3,(H2,30,31)/t17-,19-,28+/m1/s1. The SMILES string of the molecule is C[C@@H]1C[C@H](N2C(=O)C[C@@](C)(c3cccc(CC(=O)c4cn(C)c5ccccc45)c3Cl)N=C2N)CCO1. The molecule has 0 radical (unpaired) electrons. The molecule has 2 N–H and O–H groups in total. The van der Waals surface area contributed by atoms with Crippen LogP contribution in [0.3, 0.4) is 0 Å².